The number of thiophene rings is 1. The summed E-state index contributed by atoms with van der Waals surface area (Å²) in [6.07, 6.45) is 0. The first-order chi connectivity index (χ1) is 22.7. The summed E-state index contributed by atoms with van der Waals surface area (Å²) in [5, 5.41) is 9.46. The minimum Gasteiger partial charge on any atom is -0.371 e. The highest BCUT2D eigenvalue weighted by atomic mass is 32.1. The number of fused-ring (bicyclic) bond motifs is 13. The molecule has 0 unspecified atom stereocenters. The molecular formula is C40H23N3OS. The van der Waals surface area contributed by atoms with Crippen molar-refractivity contribution in [2.24, 2.45) is 0 Å². The number of hydrogen-bond donors (Lipinski definition) is 0. The fourth-order valence-electron chi connectivity index (χ4n) is 6.84. The summed E-state index contributed by atoms with van der Waals surface area (Å²) in [4.78, 5) is 17.3. The van der Waals surface area contributed by atoms with Crippen LogP contribution in [0.3, 0.4) is 0 Å². The lowest BCUT2D eigenvalue weighted by atomic mass is 9.89. The van der Waals surface area contributed by atoms with Crippen molar-refractivity contribution in [3.05, 3.63) is 140 Å². The molecular weight excluding hydrogens is 571 g/mol. The summed E-state index contributed by atoms with van der Waals surface area (Å²) >= 11 is 1.75. The number of rotatable bonds is 2. The van der Waals surface area contributed by atoms with Crippen LogP contribution in [0.25, 0.3) is 75.0 Å². The van der Waals surface area contributed by atoms with E-state index in [0.717, 1.165) is 59.8 Å². The zero-order valence-electron chi connectivity index (χ0n) is 24.9. The summed E-state index contributed by atoms with van der Waals surface area (Å²) in [5.74, 6) is 0.917. The van der Waals surface area contributed by atoms with Gasteiger partial charge in [-0.2, -0.15) is 0 Å². The Morgan fingerprint density at radius 1 is 0.600 bits per heavy atom. The monoisotopic (exact) mass is 594 g/mol. The number of nitrogens with zero attached hydrogens (tertiary/aromatic N) is 3. The molecule has 0 N–H and O–H groups in total. The molecule has 0 fully saturated rings. The van der Waals surface area contributed by atoms with Gasteiger partial charge in [-0.05, 0) is 39.7 Å². The highest BCUT2D eigenvalue weighted by molar-refractivity contribution is 7.26. The lowest BCUT2D eigenvalue weighted by molar-refractivity contribution is 0.316. The molecule has 0 atom stereocenters. The lowest BCUT2D eigenvalue weighted by Gasteiger charge is -2.33. The number of hydrogen-bond acceptors (Lipinski definition) is 5. The summed E-state index contributed by atoms with van der Waals surface area (Å²) in [6.45, 7) is 0. The second kappa shape index (κ2) is 9.36. The molecule has 5 heteroatoms. The van der Waals surface area contributed by atoms with E-state index in [1.807, 2.05) is 48.5 Å². The van der Waals surface area contributed by atoms with Crippen LogP contribution in [0.5, 0.6) is 5.75 Å². The Balaban J connectivity index is 1.40. The average Bonchev–Trinajstić information content (AvgIpc) is 3.51. The molecule has 1 aliphatic heterocycles. The molecule has 10 rings (SSSR count). The minimum absolute atomic E-state index is 0.314. The van der Waals surface area contributed by atoms with E-state index in [-0.39, 0.29) is 0 Å². The number of anilines is 2. The van der Waals surface area contributed by atoms with Crippen molar-refractivity contribution in [3.63, 3.8) is 0 Å². The highest BCUT2D eigenvalue weighted by Crippen LogP contribution is 2.56. The van der Waals surface area contributed by atoms with Gasteiger partial charge >= 0.3 is 0 Å². The molecule has 45 heavy (non-hydrogen) atoms. The molecule has 2 aromatic heterocycles. The topological polar surface area (TPSA) is 38.2 Å². The third-order valence-corrected chi connectivity index (χ3v) is 9.96. The first-order valence-corrected chi connectivity index (χ1v) is 15.8. The van der Waals surface area contributed by atoms with Gasteiger partial charge in [0, 0.05) is 37.5 Å². The molecule has 1 aliphatic rings. The van der Waals surface area contributed by atoms with Crippen LogP contribution in [-0.4, -0.2) is 9.97 Å². The van der Waals surface area contributed by atoms with Crippen LogP contribution in [0.4, 0.5) is 11.6 Å². The second-order valence-corrected chi connectivity index (χ2v) is 12.3. The number of para-hydroxylation sites is 1. The van der Waals surface area contributed by atoms with Crippen molar-refractivity contribution < 1.29 is 6.21 Å². The lowest BCUT2D eigenvalue weighted by Crippen LogP contribution is -2.28. The van der Waals surface area contributed by atoms with Crippen molar-refractivity contribution in [1.82, 2.24) is 9.97 Å². The van der Waals surface area contributed by atoms with Gasteiger partial charge in [-0.15, -0.1) is 16.4 Å². The Morgan fingerprint density at radius 2 is 1.29 bits per heavy atom. The first-order valence-electron chi connectivity index (χ1n) is 15.4. The largest absolute Gasteiger partial charge is 0.371 e. The van der Waals surface area contributed by atoms with Crippen LogP contribution in [0, 0.1) is 0 Å². The fourth-order valence-corrected chi connectivity index (χ4v) is 8.09. The molecule has 210 valence electrons. The van der Waals surface area contributed by atoms with E-state index < -0.39 is 0 Å². The molecule has 4 nitrogen and oxygen atoms in total. The van der Waals surface area contributed by atoms with Crippen LogP contribution in [0.2, 0.25) is 0 Å². The quantitative estimate of drug-likeness (QED) is 0.200. The fraction of sp³-hybridized carbons (Fsp3) is 0. The second-order valence-electron chi connectivity index (χ2n) is 11.3. The Hall–Kier alpha value is -5.78. The molecule has 0 bridgehead atoms. The molecule has 0 saturated heterocycles. The van der Waals surface area contributed by atoms with Gasteiger partial charge < -0.3 is 4.84 Å². The van der Waals surface area contributed by atoms with Gasteiger partial charge in [-0.3, -0.25) is 0 Å². The van der Waals surface area contributed by atoms with Crippen LogP contribution >= 0.6 is 11.3 Å². The van der Waals surface area contributed by atoms with E-state index in [2.05, 4.69) is 84.9 Å². The predicted octanol–water partition coefficient (Wildman–Crippen LogP) is 11.1. The Bertz CT molecular complexity index is 2700. The number of benzene rings is 7. The molecule has 3 heterocycles. The normalized spacial score (nSPS) is 12.9. The number of aromatic nitrogens is 2. The molecule has 7 aromatic carbocycles. The molecule has 0 amide bonds. The van der Waals surface area contributed by atoms with Gasteiger partial charge in [0.25, 0.3) is 5.95 Å². The van der Waals surface area contributed by atoms with Crippen LogP contribution in [0.1, 0.15) is 1.37 Å². The van der Waals surface area contributed by atoms with E-state index in [1.54, 1.807) is 16.4 Å². The molecule has 9 aromatic rings. The molecule has 0 radical (unpaired) electrons. The predicted molar refractivity (Wildman–Crippen MR) is 188 cm³/mol. The van der Waals surface area contributed by atoms with Crippen molar-refractivity contribution in [2.45, 2.75) is 0 Å². The summed E-state index contributed by atoms with van der Waals surface area (Å²) in [5.41, 5.74) is 5.49. The zero-order chi connectivity index (χ0) is 30.4. The SMILES string of the molecule is [2H]c1cc2ccccc2c2c1ON(c1nc(-c3ccccc3)c3ccccc3n1)c1c-2c2ccccc2c2c1sc1ccccc12. The van der Waals surface area contributed by atoms with Gasteiger partial charge in [0.2, 0.25) is 0 Å². The van der Waals surface area contributed by atoms with Crippen LogP contribution < -0.4 is 9.90 Å². The van der Waals surface area contributed by atoms with Gasteiger partial charge in [0.15, 0.2) is 5.75 Å². The van der Waals surface area contributed by atoms with Gasteiger partial charge in [-0.25, -0.2) is 9.97 Å². The minimum atomic E-state index is 0.314. The molecule has 0 aliphatic carbocycles. The Morgan fingerprint density at radius 3 is 2.16 bits per heavy atom. The average molecular weight is 595 g/mol. The highest BCUT2D eigenvalue weighted by Gasteiger charge is 2.34. The summed E-state index contributed by atoms with van der Waals surface area (Å²) in [6, 6.07) is 46.0. The summed E-state index contributed by atoms with van der Waals surface area (Å²) < 4.78 is 11.5. The van der Waals surface area contributed by atoms with Crippen LogP contribution in [0.15, 0.2) is 140 Å². The van der Waals surface area contributed by atoms with E-state index in [0.29, 0.717) is 17.7 Å². The van der Waals surface area contributed by atoms with Crippen molar-refractivity contribution in [3.8, 4) is 28.1 Å². The summed E-state index contributed by atoms with van der Waals surface area (Å²) in [7, 11) is 0. The molecule has 0 spiro atoms. The maximum atomic E-state index is 9.20. The van der Waals surface area contributed by atoms with Crippen LogP contribution in [-0.2, 0) is 0 Å². The van der Waals surface area contributed by atoms with Crippen molar-refractivity contribution >= 4 is 75.6 Å². The third-order valence-electron chi connectivity index (χ3n) is 8.79. The Kier molecular flexibility index (Phi) is 4.92. The first kappa shape index (κ1) is 23.6. The molecule has 0 saturated carbocycles. The third kappa shape index (κ3) is 3.53. The Labute approximate surface area is 263 Å². The van der Waals surface area contributed by atoms with Crippen molar-refractivity contribution in [1.29, 1.82) is 0 Å². The van der Waals surface area contributed by atoms with E-state index in [9.17, 15) is 1.37 Å². The maximum absolute atomic E-state index is 9.20. The van der Waals surface area contributed by atoms with E-state index >= 15 is 0 Å². The zero-order valence-corrected chi connectivity index (χ0v) is 24.7. The van der Waals surface area contributed by atoms with Gasteiger partial charge in [0.05, 0.1) is 17.3 Å². The van der Waals surface area contributed by atoms with Gasteiger partial charge in [-0.1, -0.05) is 121 Å². The van der Waals surface area contributed by atoms with E-state index in [1.165, 1.54) is 20.9 Å². The van der Waals surface area contributed by atoms with Gasteiger partial charge in [0.1, 0.15) is 5.69 Å². The van der Waals surface area contributed by atoms with E-state index in [4.69, 9.17) is 14.8 Å². The van der Waals surface area contributed by atoms with Crippen molar-refractivity contribution in [2.75, 3.05) is 5.06 Å². The maximum Gasteiger partial charge on any atom is 0.265 e. The smallest absolute Gasteiger partial charge is 0.265 e. The standard InChI is InChI=1S/C40H23N3OS/c1-2-13-25(14-3-1)37-29-18-8-10-20-31(29)41-40(42-37)43-38-36(35-26-15-5-4-12-24(26)22-23-32(35)44-43)28-17-7-6-16-27(28)34-30-19-9-11-21-33(30)45-39(34)38/h1-23H/i23D.